The summed E-state index contributed by atoms with van der Waals surface area (Å²) in [6.45, 7) is 11.5. The lowest BCUT2D eigenvalue weighted by molar-refractivity contribution is -0.144. The Hall–Kier alpha value is -3.56. The van der Waals surface area contributed by atoms with Crippen molar-refractivity contribution < 1.29 is 38.6 Å². The minimum atomic E-state index is -1.52. The Labute approximate surface area is 211 Å². The summed E-state index contributed by atoms with van der Waals surface area (Å²) >= 11 is 0. The highest BCUT2D eigenvalue weighted by molar-refractivity contribution is 6.10. The largest absolute Gasteiger partial charge is 0.481 e. The molecule has 0 heterocycles. The summed E-state index contributed by atoms with van der Waals surface area (Å²) in [5.74, 6) is -6.71. The third-order valence-corrected chi connectivity index (χ3v) is 5.39. The monoisotopic (exact) mass is 503 g/mol. The summed E-state index contributed by atoms with van der Waals surface area (Å²) < 4.78 is 5.25. The molecule has 10 heteroatoms. The molecule has 1 rings (SSSR count). The van der Waals surface area contributed by atoms with Gasteiger partial charge >= 0.3 is 12.1 Å². The third kappa shape index (κ3) is 8.58. The van der Waals surface area contributed by atoms with Crippen LogP contribution >= 0.6 is 0 Å². The molecule has 10 nitrogen and oxygen atoms in total. The van der Waals surface area contributed by atoms with Crippen LogP contribution in [0.1, 0.15) is 70.3 Å². The Morgan fingerprint density at radius 3 is 1.92 bits per heavy atom. The van der Waals surface area contributed by atoms with Crippen LogP contribution in [0.15, 0.2) is 24.3 Å². The second kappa shape index (κ2) is 12.9. The van der Waals surface area contributed by atoms with Gasteiger partial charge in [0.2, 0.25) is 12.2 Å². The maximum absolute atomic E-state index is 13.7. The van der Waals surface area contributed by atoms with Crippen LogP contribution in [-0.4, -0.2) is 59.1 Å². The summed E-state index contributed by atoms with van der Waals surface area (Å²) in [5.41, 5.74) is -0.325. The fourth-order valence-electron chi connectivity index (χ4n) is 3.63. The molecule has 2 amide bonds. The molecule has 197 valence electrons. The lowest BCUT2D eigenvalue weighted by atomic mass is 9.84. The van der Waals surface area contributed by atoms with Crippen molar-refractivity contribution in [3.8, 4) is 0 Å². The average molecular weight is 504 g/mol. The number of benzene rings is 1. The second-order valence-corrected chi connectivity index (χ2v) is 10.2. The van der Waals surface area contributed by atoms with Crippen molar-refractivity contribution in [2.45, 2.75) is 72.1 Å². The van der Waals surface area contributed by atoms with Gasteiger partial charge < -0.3 is 20.5 Å². The number of rotatable bonds is 12. The zero-order chi connectivity index (χ0) is 27.8. The van der Waals surface area contributed by atoms with E-state index >= 15 is 0 Å². The molecule has 1 aromatic carbocycles. The highest BCUT2D eigenvalue weighted by Crippen LogP contribution is 2.24. The van der Waals surface area contributed by atoms with Crippen molar-refractivity contribution >= 4 is 36.3 Å². The fraction of sp³-hybridized carbons (Fsp3) is 0.538. The van der Waals surface area contributed by atoms with Crippen molar-refractivity contribution in [2.75, 3.05) is 0 Å². The number of alkyl carbamates (subject to hydrolysis) is 1. The number of nitrogens with one attached hydrogen (secondary N) is 2. The van der Waals surface area contributed by atoms with Gasteiger partial charge in [-0.25, -0.2) is 4.79 Å². The molecule has 0 bridgehead atoms. The number of amides is 2. The first kappa shape index (κ1) is 30.5. The number of aldehydes is 1. The van der Waals surface area contributed by atoms with Crippen LogP contribution in [0.4, 0.5) is 4.79 Å². The zero-order valence-corrected chi connectivity index (χ0v) is 21.7. The van der Waals surface area contributed by atoms with E-state index in [9.17, 15) is 33.9 Å². The van der Waals surface area contributed by atoms with Gasteiger partial charge in [0, 0.05) is 5.56 Å². The molecule has 0 aromatic heterocycles. The minimum Gasteiger partial charge on any atom is -0.481 e. The number of aliphatic carboxylic acids is 1. The Bertz CT molecular complexity index is 963. The number of Topliss-reactive ketones (excluding diaryl/α,β-unsaturated/α-hetero) is 1. The third-order valence-electron chi connectivity index (χ3n) is 5.39. The molecule has 0 fully saturated rings. The molecular formula is C26H35N2O8. The molecule has 1 radical (unpaired) electrons. The maximum atomic E-state index is 13.7. The molecule has 0 aliphatic carbocycles. The number of hydrogen-bond acceptors (Lipinski definition) is 7. The van der Waals surface area contributed by atoms with Crippen LogP contribution < -0.4 is 10.6 Å². The lowest BCUT2D eigenvalue weighted by Crippen LogP contribution is -2.53. The van der Waals surface area contributed by atoms with Gasteiger partial charge in [0.15, 0.2) is 5.78 Å². The van der Waals surface area contributed by atoms with E-state index in [2.05, 4.69) is 10.6 Å². The molecule has 3 N–H and O–H groups in total. The first-order chi connectivity index (χ1) is 16.6. The zero-order valence-electron chi connectivity index (χ0n) is 21.7. The summed E-state index contributed by atoms with van der Waals surface area (Å²) in [4.78, 5) is 73.9. The number of carbonyl (C=O) groups is 5. The van der Waals surface area contributed by atoms with Crippen molar-refractivity contribution in [3.63, 3.8) is 0 Å². The Morgan fingerprint density at radius 1 is 0.972 bits per heavy atom. The van der Waals surface area contributed by atoms with Crippen molar-refractivity contribution in [3.05, 3.63) is 35.4 Å². The van der Waals surface area contributed by atoms with E-state index < -0.39 is 65.1 Å². The quantitative estimate of drug-likeness (QED) is 0.290. The molecule has 2 unspecified atom stereocenters. The van der Waals surface area contributed by atoms with Crippen molar-refractivity contribution in [1.82, 2.24) is 10.6 Å². The van der Waals surface area contributed by atoms with Gasteiger partial charge in [0.1, 0.15) is 23.8 Å². The van der Waals surface area contributed by atoms with Crippen LogP contribution in [0.25, 0.3) is 0 Å². The molecule has 36 heavy (non-hydrogen) atoms. The summed E-state index contributed by atoms with van der Waals surface area (Å²) in [6.07, 6.45) is 1.30. The van der Waals surface area contributed by atoms with Gasteiger partial charge in [-0.3, -0.25) is 24.0 Å². The standard InChI is InChI=1S/C26H35N2O8/c1-14(2)19(24(33)34)18(13-30)27-23(32)20(17-10-8-16(12-29)9-11-17)22(31)21(15(3)4)28-25(35)36-26(5,6)7/h8-12,14-15,18-21H,1-7H3,(H,27,32)(H,28,35)(H,33,34)/t18-,19?,20?,21+/m1/s1. The van der Waals surface area contributed by atoms with E-state index in [4.69, 9.17) is 4.74 Å². The van der Waals surface area contributed by atoms with Crippen LogP contribution in [0.2, 0.25) is 0 Å². The molecular weight excluding hydrogens is 468 g/mol. The number of carboxylic acids is 1. The molecule has 0 saturated heterocycles. The molecule has 4 atom stereocenters. The number of carbonyl (C=O) groups excluding carboxylic acids is 5. The second-order valence-electron chi connectivity index (χ2n) is 10.2. The predicted molar refractivity (Wildman–Crippen MR) is 131 cm³/mol. The van der Waals surface area contributed by atoms with Crippen LogP contribution in [-0.2, 0) is 23.9 Å². The lowest BCUT2D eigenvalue weighted by Gasteiger charge is -2.29. The SMILES string of the molecule is CC(C)C(C(=O)O)[C@@H]([C]=O)NC(=O)C(C(=O)[C@@H](NC(=O)OC(C)(C)C)C(C)C)c1ccc(C=O)cc1. The van der Waals surface area contributed by atoms with Crippen LogP contribution in [0.3, 0.4) is 0 Å². The van der Waals surface area contributed by atoms with Gasteiger partial charge in [-0.1, -0.05) is 52.0 Å². The Kier molecular flexibility index (Phi) is 11.0. The van der Waals surface area contributed by atoms with Crippen molar-refractivity contribution in [2.24, 2.45) is 17.8 Å². The maximum Gasteiger partial charge on any atom is 0.408 e. The molecule has 0 spiro atoms. The molecule has 0 saturated carbocycles. The Morgan fingerprint density at radius 2 is 1.53 bits per heavy atom. The van der Waals surface area contributed by atoms with Crippen molar-refractivity contribution in [1.29, 1.82) is 0 Å². The summed E-state index contributed by atoms with van der Waals surface area (Å²) in [5, 5.41) is 14.4. The number of ketones is 1. The highest BCUT2D eigenvalue weighted by atomic mass is 16.6. The van der Waals surface area contributed by atoms with Gasteiger partial charge in [0.05, 0.1) is 12.0 Å². The first-order valence-corrected chi connectivity index (χ1v) is 11.6. The molecule has 1 aromatic rings. The number of ether oxygens (including phenoxy) is 1. The summed E-state index contributed by atoms with van der Waals surface area (Å²) in [6, 6.07) is 2.98. The van der Waals surface area contributed by atoms with Gasteiger partial charge in [0.25, 0.3) is 0 Å². The van der Waals surface area contributed by atoms with E-state index in [1.165, 1.54) is 24.3 Å². The summed E-state index contributed by atoms with van der Waals surface area (Å²) in [7, 11) is 0. The normalized spacial score (nSPS) is 14.8. The van der Waals surface area contributed by atoms with E-state index in [0.717, 1.165) is 0 Å². The van der Waals surface area contributed by atoms with E-state index in [0.29, 0.717) is 11.8 Å². The van der Waals surface area contributed by atoms with Gasteiger partial charge in [-0.05, 0) is 38.2 Å². The molecule has 0 aliphatic heterocycles. The minimum absolute atomic E-state index is 0.195. The van der Waals surface area contributed by atoms with Gasteiger partial charge in [-0.2, -0.15) is 0 Å². The van der Waals surface area contributed by atoms with E-state index in [-0.39, 0.29) is 5.56 Å². The topological polar surface area (TPSA) is 156 Å². The van der Waals surface area contributed by atoms with E-state index in [1.807, 2.05) is 0 Å². The first-order valence-electron chi connectivity index (χ1n) is 11.6. The fourth-order valence-corrected chi connectivity index (χ4v) is 3.63. The predicted octanol–water partition coefficient (Wildman–Crippen LogP) is 2.65. The average Bonchev–Trinajstić information content (AvgIpc) is 2.75. The van der Waals surface area contributed by atoms with Gasteiger partial charge in [-0.15, -0.1) is 0 Å². The number of hydrogen-bond donors (Lipinski definition) is 3. The van der Waals surface area contributed by atoms with E-state index in [1.54, 1.807) is 54.8 Å². The highest BCUT2D eigenvalue weighted by Gasteiger charge is 2.40. The Balaban J connectivity index is 3.45. The van der Waals surface area contributed by atoms with Crippen LogP contribution in [0.5, 0.6) is 0 Å². The van der Waals surface area contributed by atoms with Crippen LogP contribution in [0, 0.1) is 17.8 Å². The number of carboxylic acid groups (broad SMARTS) is 1. The smallest absolute Gasteiger partial charge is 0.408 e. The molecule has 0 aliphatic rings.